The van der Waals surface area contributed by atoms with Crippen molar-refractivity contribution in [3.8, 4) is 0 Å². The lowest BCUT2D eigenvalue weighted by molar-refractivity contribution is -0.141. The molecule has 0 aromatic carbocycles. The zero-order valence-corrected chi connectivity index (χ0v) is 11.4. The second-order valence-corrected chi connectivity index (χ2v) is 6.48. The minimum Gasteiger partial charge on any atom is -0.465 e. The van der Waals surface area contributed by atoms with E-state index >= 15 is 0 Å². The number of esters is 1. The Morgan fingerprint density at radius 1 is 1.22 bits per heavy atom. The van der Waals surface area contributed by atoms with Gasteiger partial charge in [0.2, 0.25) is 0 Å². The monoisotopic (exact) mass is 252 g/mol. The Hall–Kier alpha value is -0.570. The molecule has 1 saturated heterocycles. The molecule has 0 N–H and O–H groups in total. The SMILES string of the molecule is CO[C@@H]1C[C@@H](C)[C@H]2CCC[C@H]3C(=O)OC[C@H]3C[C@H]21. The van der Waals surface area contributed by atoms with E-state index < -0.39 is 0 Å². The van der Waals surface area contributed by atoms with Crippen LogP contribution < -0.4 is 0 Å². The summed E-state index contributed by atoms with van der Waals surface area (Å²) in [6.07, 6.45) is 6.21. The molecule has 6 atom stereocenters. The van der Waals surface area contributed by atoms with E-state index in [-0.39, 0.29) is 11.9 Å². The molecule has 18 heavy (non-hydrogen) atoms. The molecular weight excluding hydrogens is 228 g/mol. The average molecular weight is 252 g/mol. The maximum Gasteiger partial charge on any atom is 0.309 e. The normalized spacial score (nSPS) is 48.0. The molecule has 3 heteroatoms. The van der Waals surface area contributed by atoms with Crippen LogP contribution in [-0.4, -0.2) is 25.8 Å². The van der Waals surface area contributed by atoms with Gasteiger partial charge in [-0.3, -0.25) is 4.79 Å². The predicted molar refractivity (Wildman–Crippen MR) is 68.0 cm³/mol. The lowest BCUT2D eigenvalue weighted by Gasteiger charge is -2.31. The van der Waals surface area contributed by atoms with Gasteiger partial charge < -0.3 is 9.47 Å². The minimum absolute atomic E-state index is 0.0541. The van der Waals surface area contributed by atoms with Crippen LogP contribution in [-0.2, 0) is 14.3 Å². The molecule has 3 nitrogen and oxygen atoms in total. The van der Waals surface area contributed by atoms with Gasteiger partial charge in [0.1, 0.15) is 0 Å². The molecule has 0 radical (unpaired) electrons. The maximum absolute atomic E-state index is 11.7. The highest BCUT2D eigenvalue weighted by Crippen LogP contribution is 2.48. The second kappa shape index (κ2) is 4.84. The van der Waals surface area contributed by atoms with Crippen LogP contribution in [0, 0.1) is 29.6 Å². The van der Waals surface area contributed by atoms with E-state index in [1.807, 2.05) is 7.11 Å². The molecule has 0 aromatic rings. The number of hydrogen-bond acceptors (Lipinski definition) is 3. The molecule has 0 spiro atoms. The molecular formula is C15H24O3. The highest BCUT2D eigenvalue weighted by molar-refractivity contribution is 5.74. The summed E-state index contributed by atoms with van der Waals surface area (Å²) in [7, 11) is 1.84. The van der Waals surface area contributed by atoms with Crippen LogP contribution in [0.15, 0.2) is 0 Å². The number of methoxy groups -OCH3 is 1. The molecule has 3 aliphatic rings. The number of rotatable bonds is 1. The number of cyclic esters (lactones) is 1. The third-order valence-electron chi connectivity index (χ3n) is 5.60. The average Bonchev–Trinajstić information content (AvgIpc) is 2.80. The van der Waals surface area contributed by atoms with E-state index in [4.69, 9.17) is 9.47 Å². The second-order valence-electron chi connectivity index (χ2n) is 6.48. The van der Waals surface area contributed by atoms with Crippen molar-refractivity contribution in [2.75, 3.05) is 13.7 Å². The molecule has 2 aliphatic carbocycles. The first kappa shape index (κ1) is 12.5. The molecule has 3 rings (SSSR count). The van der Waals surface area contributed by atoms with Gasteiger partial charge in [-0.1, -0.05) is 13.3 Å². The third kappa shape index (κ3) is 1.97. The van der Waals surface area contributed by atoms with E-state index in [1.54, 1.807) is 0 Å². The summed E-state index contributed by atoms with van der Waals surface area (Å²) in [6.45, 7) is 3.02. The maximum atomic E-state index is 11.7. The molecule has 1 aliphatic heterocycles. The lowest BCUT2D eigenvalue weighted by Crippen LogP contribution is -2.30. The van der Waals surface area contributed by atoms with E-state index in [9.17, 15) is 4.79 Å². The highest BCUT2D eigenvalue weighted by atomic mass is 16.5. The first-order chi connectivity index (χ1) is 8.70. The van der Waals surface area contributed by atoms with Gasteiger partial charge in [-0.2, -0.15) is 0 Å². The van der Waals surface area contributed by atoms with Crippen LogP contribution in [0.3, 0.4) is 0 Å². The van der Waals surface area contributed by atoms with E-state index in [2.05, 4.69) is 6.92 Å². The van der Waals surface area contributed by atoms with E-state index in [0.717, 1.165) is 24.7 Å². The van der Waals surface area contributed by atoms with Crippen LogP contribution in [0.25, 0.3) is 0 Å². The predicted octanol–water partition coefficient (Wildman–Crippen LogP) is 2.64. The molecule has 1 heterocycles. The number of carbonyl (C=O) groups excluding carboxylic acids is 1. The van der Waals surface area contributed by atoms with Crippen molar-refractivity contribution in [3.63, 3.8) is 0 Å². The topological polar surface area (TPSA) is 35.5 Å². The van der Waals surface area contributed by atoms with Crippen molar-refractivity contribution in [2.24, 2.45) is 29.6 Å². The molecule has 0 aromatic heterocycles. The van der Waals surface area contributed by atoms with Gasteiger partial charge in [0.05, 0.1) is 18.6 Å². The molecule has 102 valence electrons. The summed E-state index contributed by atoms with van der Waals surface area (Å²) in [5.74, 6) is 2.90. The number of hydrogen-bond donors (Lipinski definition) is 0. The first-order valence-electron chi connectivity index (χ1n) is 7.40. The van der Waals surface area contributed by atoms with E-state index in [0.29, 0.717) is 24.5 Å². The number of ether oxygens (including phenoxy) is 2. The summed E-state index contributed by atoms with van der Waals surface area (Å²) in [5, 5.41) is 0. The largest absolute Gasteiger partial charge is 0.465 e. The molecule has 0 amide bonds. The summed E-state index contributed by atoms with van der Waals surface area (Å²) in [6, 6.07) is 0. The van der Waals surface area contributed by atoms with Gasteiger partial charge >= 0.3 is 5.97 Å². The zero-order chi connectivity index (χ0) is 12.7. The Kier molecular flexibility index (Phi) is 3.35. The number of fused-ring (bicyclic) bond motifs is 2. The van der Waals surface area contributed by atoms with Crippen LogP contribution in [0.4, 0.5) is 0 Å². The summed E-state index contributed by atoms with van der Waals surface area (Å²) in [5.41, 5.74) is 0. The molecule has 3 fully saturated rings. The van der Waals surface area contributed by atoms with Crippen LogP contribution in [0.1, 0.15) is 39.0 Å². The molecule has 0 unspecified atom stereocenters. The van der Waals surface area contributed by atoms with Gasteiger partial charge in [0.15, 0.2) is 0 Å². The van der Waals surface area contributed by atoms with Gasteiger partial charge in [0, 0.05) is 13.0 Å². The van der Waals surface area contributed by atoms with Crippen molar-refractivity contribution in [3.05, 3.63) is 0 Å². The van der Waals surface area contributed by atoms with Crippen molar-refractivity contribution in [1.29, 1.82) is 0 Å². The summed E-state index contributed by atoms with van der Waals surface area (Å²) < 4.78 is 11.0. The van der Waals surface area contributed by atoms with Crippen molar-refractivity contribution >= 4 is 5.97 Å². The summed E-state index contributed by atoms with van der Waals surface area (Å²) in [4.78, 5) is 11.7. The molecule has 0 bridgehead atoms. The Labute approximate surface area is 109 Å². The highest BCUT2D eigenvalue weighted by Gasteiger charge is 2.47. The van der Waals surface area contributed by atoms with Crippen LogP contribution >= 0.6 is 0 Å². The Morgan fingerprint density at radius 3 is 2.83 bits per heavy atom. The minimum atomic E-state index is 0.0541. The van der Waals surface area contributed by atoms with Crippen molar-refractivity contribution < 1.29 is 14.3 Å². The van der Waals surface area contributed by atoms with E-state index in [1.165, 1.54) is 19.3 Å². The standard InChI is InChI=1S/C15H24O3/c1-9-6-14(17-2)13-7-10-8-18-15(16)12(10)5-3-4-11(9)13/h9-14H,3-8H2,1-2H3/t9-,10-,11-,12-,13-,14-/m1/s1. The van der Waals surface area contributed by atoms with Gasteiger partial charge in [-0.25, -0.2) is 0 Å². The van der Waals surface area contributed by atoms with Crippen LogP contribution in [0.5, 0.6) is 0 Å². The zero-order valence-electron chi connectivity index (χ0n) is 11.4. The smallest absolute Gasteiger partial charge is 0.309 e. The quantitative estimate of drug-likeness (QED) is 0.673. The fourth-order valence-electron chi connectivity index (χ4n) is 4.62. The van der Waals surface area contributed by atoms with Crippen LogP contribution in [0.2, 0.25) is 0 Å². The Morgan fingerprint density at radius 2 is 2.06 bits per heavy atom. The van der Waals surface area contributed by atoms with Gasteiger partial charge in [0.25, 0.3) is 0 Å². The third-order valence-corrected chi connectivity index (χ3v) is 5.60. The number of carbonyl (C=O) groups is 1. The van der Waals surface area contributed by atoms with Gasteiger partial charge in [-0.05, 0) is 43.4 Å². The Bertz CT molecular complexity index is 328. The van der Waals surface area contributed by atoms with Crippen molar-refractivity contribution in [1.82, 2.24) is 0 Å². The Balaban J connectivity index is 1.78. The molecule has 2 saturated carbocycles. The van der Waals surface area contributed by atoms with Crippen molar-refractivity contribution in [2.45, 2.75) is 45.1 Å². The first-order valence-corrected chi connectivity index (χ1v) is 7.40. The van der Waals surface area contributed by atoms with Gasteiger partial charge in [-0.15, -0.1) is 0 Å². The fraction of sp³-hybridized carbons (Fsp3) is 0.933. The summed E-state index contributed by atoms with van der Waals surface area (Å²) >= 11 is 0. The fourth-order valence-corrected chi connectivity index (χ4v) is 4.62. The lowest BCUT2D eigenvalue weighted by atomic mass is 9.73.